The number of hydrogen-bond donors (Lipinski definition) is 2. The van der Waals surface area contributed by atoms with Crippen LogP contribution in [0, 0.1) is 20.8 Å². The van der Waals surface area contributed by atoms with Crippen LogP contribution in [0.2, 0.25) is 0 Å². The molecule has 154 valence electrons. The molecule has 8 heteroatoms. The largest absolute Gasteiger partial charge is 0.344 e. The monoisotopic (exact) mass is 397 g/mol. The Morgan fingerprint density at radius 3 is 2.45 bits per heavy atom. The minimum atomic E-state index is -0.868. The second-order valence-electron chi connectivity index (χ2n) is 7.73. The first-order valence-corrected chi connectivity index (χ1v) is 9.63. The lowest BCUT2D eigenvalue weighted by atomic mass is 10.1. The first-order chi connectivity index (χ1) is 13.6. The second-order valence-corrected chi connectivity index (χ2v) is 7.73. The van der Waals surface area contributed by atoms with E-state index in [-0.39, 0.29) is 18.5 Å². The summed E-state index contributed by atoms with van der Waals surface area (Å²) in [5, 5.41) is 9.53. The van der Waals surface area contributed by atoms with E-state index in [0.29, 0.717) is 5.56 Å². The molecule has 0 radical (unpaired) electrons. The molecule has 0 saturated carbocycles. The van der Waals surface area contributed by atoms with Crippen molar-refractivity contribution >= 4 is 23.4 Å². The Hall–Kier alpha value is -3.16. The summed E-state index contributed by atoms with van der Waals surface area (Å²) in [6.45, 7) is 9.70. The van der Waals surface area contributed by atoms with Gasteiger partial charge in [0.25, 0.3) is 5.91 Å². The quantitative estimate of drug-likeness (QED) is 0.766. The molecule has 0 aliphatic carbocycles. The van der Waals surface area contributed by atoms with Crippen LogP contribution >= 0.6 is 0 Å². The number of fused-ring (bicyclic) bond motifs is 1. The summed E-state index contributed by atoms with van der Waals surface area (Å²) >= 11 is 0. The third-order valence-electron chi connectivity index (χ3n) is 5.32. The molecule has 3 rings (SSSR count). The predicted octanol–water partition coefficient (Wildman–Crippen LogP) is 1.57. The normalized spacial score (nSPS) is 15.6. The van der Waals surface area contributed by atoms with Crippen molar-refractivity contribution in [3.05, 3.63) is 46.3 Å². The third kappa shape index (κ3) is 3.74. The van der Waals surface area contributed by atoms with Crippen LogP contribution in [-0.2, 0) is 28.0 Å². The number of carbonyl (C=O) groups excluding carboxylic acids is 3. The van der Waals surface area contributed by atoms with Crippen molar-refractivity contribution in [2.75, 3.05) is 4.90 Å². The molecule has 1 aliphatic rings. The first-order valence-electron chi connectivity index (χ1n) is 9.63. The summed E-state index contributed by atoms with van der Waals surface area (Å²) in [7, 11) is 1.83. The van der Waals surface area contributed by atoms with Crippen molar-refractivity contribution in [2.24, 2.45) is 7.05 Å². The molecule has 2 heterocycles. The average molecular weight is 397 g/mol. The fourth-order valence-corrected chi connectivity index (χ4v) is 3.71. The average Bonchev–Trinajstić information content (AvgIpc) is 3.06. The van der Waals surface area contributed by atoms with Gasteiger partial charge >= 0.3 is 11.8 Å². The van der Waals surface area contributed by atoms with Crippen LogP contribution in [0.3, 0.4) is 0 Å². The molecule has 2 aromatic rings. The molecule has 0 unspecified atom stereocenters. The fourth-order valence-electron chi connectivity index (χ4n) is 3.71. The van der Waals surface area contributed by atoms with Gasteiger partial charge in [-0.2, -0.15) is 5.10 Å². The number of aryl methyl sites for hydroxylation is 3. The number of hydrogen-bond acceptors (Lipinski definition) is 4. The van der Waals surface area contributed by atoms with E-state index in [1.165, 1.54) is 0 Å². The Morgan fingerprint density at radius 2 is 1.86 bits per heavy atom. The third-order valence-corrected chi connectivity index (χ3v) is 5.32. The number of carbonyl (C=O) groups is 3. The van der Waals surface area contributed by atoms with E-state index in [4.69, 9.17) is 0 Å². The van der Waals surface area contributed by atoms with Gasteiger partial charge in [0.05, 0.1) is 5.69 Å². The van der Waals surface area contributed by atoms with E-state index in [2.05, 4.69) is 15.7 Å². The van der Waals surface area contributed by atoms with Gasteiger partial charge in [-0.3, -0.25) is 19.1 Å². The second kappa shape index (κ2) is 7.69. The van der Waals surface area contributed by atoms with Crippen molar-refractivity contribution < 1.29 is 14.4 Å². The van der Waals surface area contributed by atoms with Gasteiger partial charge in [0.2, 0.25) is 0 Å². The van der Waals surface area contributed by atoms with Crippen LogP contribution in [0.15, 0.2) is 18.2 Å². The Morgan fingerprint density at radius 1 is 1.17 bits per heavy atom. The molecule has 29 heavy (non-hydrogen) atoms. The van der Waals surface area contributed by atoms with Crippen molar-refractivity contribution in [2.45, 2.75) is 53.2 Å². The molecule has 3 amide bonds. The molecule has 0 saturated heterocycles. The summed E-state index contributed by atoms with van der Waals surface area (Å²) in [4.78, 5) is 39.4. The molecule has 0 fully saturated rings. The van der Waals surface area contributed by atoms with Crippen molar-refractivity contribution in [3.63, 3.8) is 0 Å². The van der Waals surface area contributed by atoms with Gasteiger partial charge in [-0.1, -0.05) is 17.7 Å². The molecule has 1 aliphatic heterocycles. The molecule has 1 aromatic heterocycles. The lowest BCUT2D eigenvalue weighted by Crippen LogP contribution is -2.45. The summed E-state index contributed by atoms with van der Waals surface area (Å²) in [6.07, 6.45) is 0. The molecule has 0 spiro atoms. The SMILES string of the molecule is Cc1ccc2c(c1)[C@H](NC(=O)C(=O)NCc1c(C)nn(C)c1C)C(=O)N2C(C)C. The van der Waals surface area contributed by atoms with Crippen molar-refractivity contribution in [1.29, 1.82) is 0 Å². The Kier molecular flexibility index (Phi) is 5.46. The van der Waals surface area contributed by atoms with E-state index < -0.39 is 17.9 Å². The lowest BCUT2D eigenvalue weighted by Gasteiger charge is -2.22. The summed E-state index contributed by atoms with van der Waals surface area (Å²) < 4.78 is 1.73. The van der Waals surface area contributed by atoms with E-state index in [9.17, 15) is 14.4 Å². The van der Waals surface area contributed by atoms with Crippen molar-refractivity contribution in [3.8, 4) is 0 Å². The summed E-state index contributed by atoms with van der Waals surface area (Å²) in [6, 6.07) is 4.75. The number of anilines is 1. The van der Waals surface area contributed by atoms with Gasteiger partial charge in [-0.15, -0.1) is 0 Å². The Balaban J connectivity index is 1.74. The number of nitrogens with zero attached hydrogens (tertiary/aromatic N) is 3. The number of benzene rings is 1. The minimum Gasteiger partial charge on any atom is -0.344 e. The topological polar surface area (TPSA) is 96.3 Å². The first kappa shape index (κ1) is 20.6. The standard InChI is InChI=1S/C21H27N5O3/c1-11(2)26-17-8-7-12(3)9-15(17)18(21(26)29)23-20(28)19(27)22-10-16-13(4)24-25(6)14(16)5/h7-9,11,18H,10H2,1-6H3,(H,22,27)(H,23,28)/t18-/m0/s1. The Labute approximate surface area is 170 Å². The predicted molar refractivity (Wildman–Crippen MR) is 109 cm³/mol. The highest BCUT2D eigenvalue weighted by Crippen LogP contribution is 2.37. The van der Waals surface area contributed by atoms with Gasteiger partial charge in [0, 0.05) is 42.1 Å². The van der Waals surface area contributed by atoms with Crippen molar-refractivity contribution in [1.82, 2.24) is 20.4 Å². The number of amides is 3. The highest BCUT2D eigenvalue weighted by Gasteiger charge is 2.40. The molecule has 1 aromatic carbocycles. The van der Waals surface area contributed by atoms with Gasteiger partial charge in [0.15, 0.2) is 0 Å². The number of aromatic nitrogens is 2. The zero-order chi connectivity index (χ0) is 21.5. The van der Waals surface area contributed by atoms with Gasteiger partial charge in [-0.25, -0.2) is 0 Å². The summed E-state index contributed by atoms with van der Waals surface area (Å²) in [5.74, 6) is -1.85. The molecule has 2 N–H and O–H groups in total. The van der Waals surface area contributed by atoms with E-state index in [1.807, 2.05) is 59.9 Å². The highest BCUT2D eigenvalue weighted by molar-refractivity contribution is 6.35. The minimum absolute atomic E-state index is 0.0591. The highest BCUT2D eigenvalue weighted by atomic mass is 16.2. The van der Waals surface area contributed by atoms with E-state index in [0.717, 1.165) is 28.2 Å². The maximum absolute atomic E-state index is 12.9. The van der Waals surface area contributed by atoms with Gasteiger partial charge in [-0.05, 0) is 40.7 Å². The number of rotatable bonds is 4. The molecular formula is C21H27N5O3. The van der Waals surface area contributed by atoms with Crippen LogP contribution in [0.1, 0.15) is 48.0 Å². The molecule has 0 bridgehead atoms. The number of nitrogens with one attached hydrogen (secondary N) is 2. The van der Waals surface area contributed by atoms with Crippen LogP contribution in [0.5, 0.6) is 0 Å². The van der Waals surface area contributed by atoms with Gasteiger partial charge in [0.1, 0.15) is 6.04 Å². The van der Waals surface area contributed by atoms with E-state index in [1.54, 1.807) is 9.58 Å². The van der Waals surface area contributed by atoms with Crippen LogP contribution in [0.25, 0.3) is 0 Å². The zero-order valence-electron chi connectivity index (χ0n) is 17.7. The summed E-state index contributed by atoms with van der Waals surface area (Å²) in [5.41, 5.74) is 5.05. The van der Waals surface area contributed by atoms with Crippen LogP contribution in [0.4, 0.5) is 5.69 Å². The molecule has 8 nitrogen and oxygen atoms in total. The fraction of sp³-hybridized carbons (Fsp3) is 0.429. The smallest absolute Gasteiger partial charge is 0.310 e. The van der Waals surface area contributed by atoms with Crippen LogP contribution < -0.4 is 15.5 Å². The maximum atomic E-state index is 12.9. The van der Waals surface area contributed by atoms with E-state index >= 15 is 0 Å². The van der Waals surface area contributed by atoms with Gasteiger partial charge < -0.3 is 15.5 Å². The molecular weight excluding hydrogens is 370 g/mol. The lowest BCUT2D eigenvalue weighted by molar-refractivity contribution is -0.140. The molecule has 1 atom stereocenters. The Bertz CT molecular complexity index is 992. The zero-order valence-corrected chi connectivity index (χ0v) is 17.7. The van der Waals surface area contributed by atoms with Crippen LogP contribution in [-0.4, -0.2) is 33.5 Å². The maximum Gasteiger partial charge on any atom is 0.310 e.